The Kier molecular flexibility index (Phi) is 8.67. The van der Waals surface area contributed by atoms with Gasteiger partial charge < -0.3 is 25.0 Å². The van der Waals surface area contributed by atoms with Gasteiger partial charge in [0, 0.05) is 45.3 Å². The predicted molar refractivity (Wildman–Crippen MR) is 111 cm³/mol. The highest BCUT2D eigenvalue weighted by molar-refractivity contribution is 5.79. The fourth-order valence-electron chi connectivity index (χ4n) is 3.13. The maximum absolute atomic E-state index is 5.37. The first kappa shape index (κ1) is 21.3. The van der Waals surface area contributed by atoms with Crippen molar-refractivity contribution in [1.82, 2.24) is 20.4 Å². The molecule has 0 bridgehead atoms. The van der Waals surface area contributed by atoms with Crippen molar-refractivity contribution < 1.29 is 9.47 Å². The summed E-state index contributed by atoms with van der Waals surface area (Å²) in [7, 11) is 5.48. The van der Waals surface area contributed by atoms with Gasteiger partial charge in [0.25, 0.3) is 0 Å². The quantitative estimate of drug-likeness (QED) is 0.527. The number of hydrogen-bond acceptors (Lipinski definition) is 5. The van der Waals surface area contributed by atoms with Gasteiger partial charge in [-0.15, -0.1) is 0 Å². The maximum atomic E-state index is 5.37. The largest absolute Gasteiger partial charge is 0.493 e. The Hall–Kier alpha value is -1.99. The summed E-state index contributed by atoms with van der Waals surface area (Å²) in [5, 5.41) is 6.80. The Labute approximate surface area is 163 Å². The summed E-state index contributed by atoms with van der Waals surface area (Å²) in [6.45, 7) is 11.2. The Morgan fingerprint density at radius 1 is 1.11 bits per heavy atom. The molecule has 0 saturated carbocycles. The predicted octanol–water partition coefficient (Wildman–Crippen LogP) is 1.39. The van der Waals surface area contributed by atoms with E-state index in [4.69, 9.17) is 14.5 Å². The topological polar surface area (TPSA) is 61.4 Å². The van der Waals surface area contributed by atoms with Gasteiger partial charge in [-0.05, 0) is 38.6 Å². The Morgan fingerprint density at radius 3 is 2.44 bits per heavy atom. The van der Waals surface area contributed by atoms with Crippen molar-refractivity contribution in [2.75, 3.05) is 60.5 Å². The molecule has 2 rings (SSSR count). The molecule has 27 heavy (non-hydrogen) atoms. The molecule has 152 valence electrons. The van der Waals surface area contributed by atoms with Crippen LogP contribution in [-0.2, 0) is 6.54 Å². The van der Waals surface area contributed by atoms with Crippen molar-refractivity contribution >= 4 is 5.96 Å². The van der Waals surface area contributed by atoms with Gasteiger partial charge in [-0.2, -0.15) is 0 Å². The van der Waals surface area contributed by atoms with Crippen molar-refractivity contribution in [3.05, 3.63) is 23.8 Å². The van der Waals surface area contributed by atoms with E-state index in [9.17, 15) is 0 Å². The Morgan fingerprint density at radius 2 is 1.81 bits per heavy atom. The molecule has 1 aromatic rings. The maximum Gasteiger partial charge on any atom is 0.191 e. The number of piperazine rings is 1. The van der Waals surface area contributed by atoms with E-state index in [0.717, 1.165) is 62.3 Å². The van der Waals surface area contributed by atoms with Crippen LogP contribution in [0.5, 0.6) is 11.5 Å². The highest BCUT2D eigenvalue weighted by Crippen LogP contribution is 2.27. The summed E-state index contributed by atoms with van der Waals surface area (Å²) in [6.07, 6.45) is 0. The van der Waals surface area contributed by atoms with Crippen LogP contribution in [0, 0.1) is 0 Å². The molecular formula is C20H35N5O2. The van der Waals surface area contributed by atoms with Gasteiger partial charge in [-0.25, -0.2) is 4.99 Å². The summed E-state index contributed by atoms with van der Waals surface area (Å²) < 4.78 is 10.7. The van der Waals surface area contributed by atoms with Crippen LogP contribution < -0.4 is 20.1 Å². The molecule has 0 aromatic heterocycles. The number of rotatable bonds is 8. The van der Waals surface area contributed by atoms with Gasteiger partial charge in [-0.3, -0.25) is 4.90 Å². The summed E-state index contributed by atoms with van der Waals surface area (Å²) in [5.41, 5.74) is 1.08. The number of benzene rings is 1. The highest BCUT2D eigenvalue weighted by Gasteiger charge is 2.19. The van der Waals surface area contributed by atoms with Gasteiger partial charge in [0.05, 0.1) is 20.8 Å². The lowest BCUT2D eigenvalue weighted by Crippen LogP contribution is -2.52. The first-order valence-electron chi connectivity index (χ1n) is 9.73. The summed E-state index contributed by atoms with van der Waals surface area (Å²) in [6, 6.07) is 6.38. The molecule has 1 fully saturated rings. The molecule has 7 nitrogen and oxygen atoms in total. The molecule has 1 heterocycles. The van der Waals surface area contributed by atoms with Crippen LogP contribution in [0.3, 0.4) is 0 Å². The second-order valence-corrected chi connectivity index (χ2v) is 6.95. The average molecular weight is 378 g/mol. The molecule has 7 heteroatoms. The average Bonchev–Trinajstić information content (AvgIpc) is 2.70. The Balaban J connectivity index is 1.91. The smallest absolute Gasteiger partial charge is 0.191 e. The van der Waals surface area contributed by atoms with E-state index in [0.29, 0.717) is 12.6 Å². The fraction of sp³-hybridized carbons (Fsp3) is 0.650. The van der Waals surface area contributed by atoms with E-state index < -0.39 is 0 Å². The third-order valence-electron chi connectivity index (χ3n) is 4.94. The molecule has 2 N–H and O–H groups in total. The summed E-state index contributed by atoms with van der Waals surface area (Å²) in [4.78, 5) is 9.63. The number of methoxy groups -OCH3 is 2. The number of likely N-dealkylation sites (N-methyl/N-ethyl adjacent to an activating group) is 1. The van der Waals surface area contributed by atoms with Gasteiger partial charge in [0.2, 0.25) is 0 Å². The third-order valence-corrected chi connectivity index (χ3v) is 4.94. The van der Waals surface area contributed by atoms with Gasteiger partial charge in [-0.1, -0.05) is 6.07 Å². The molecular weight excluding hydrogens is 342 g/mol. The molecule has 0 radical (unpaired) electrons. The molecule has 1 aromatic carbocycles. The van der Waals surface area contributed by atoms with Crippen molar-refractivity contribution in [2.24, 2.45) is 4.99 Å². The highest BCUT2D eigenvalue weighted by atomic mass is 16.5. The van der Waals surface area contributed by atoms with Crippen LogP contribution >= 0.6 is 0 Å². The number of hydrogen-bond donors (Lipinski definition) is 2. The van der Waals surface area contributed by atoms with E-state index in [2.05, 4.69) is 41.3 Å². The fourth-order valence-corrected chi connectivity index (χ4v) is 3.13. The minimum atomic E-state index is 0.476. The molecule has 1 aliphatic rings. The lowest BCUT2D eigenvalue weighted by Gasteiger charge is -2.36. The standard InChI is InChI=1S/C20H35N5O2/c1-6-21-20(22-14-16(2)25-11-9-24(3)10-12-25)23-15-17-7-8-18(26-4)19(13-17)27-5/h7-8,13,16H,6,9-12,14-15H2,1-5H3,(H2,21,22,23). The van der Waals surface area contributed by atoms with Gasteiger partial charge in [0.1, 0.15) is 0 Å². The minimum absolute atomic E-state index is 0.476. The van der Waals surface area contributed by atoms with Crippen molar-refractivity contribution in [3.8, 4) is 11.5 Å². The van der Waals surface area contributed by atoms with E-state index >= 15 is 0 Å². The van der Waals surface area contributed by atoms with Crippen molar-refractivity contribution in [3.63, 3.8) is 0 Å². The van der Waals surface area contributed by atoms with E-state index in [1.165, 1.54) is 0 Å². The van der Waals surface area contributed by atoms with Crippen molar-refractivity contribution in [1.29, 1.82) is 0 Å². The van der Waals surface area contributed by atoms with Crippen LogP contribution in [0.4, 0.5) is 0 Å². The first-order chi connectivity index (χ1) is 13.1. The Bertz CT molecular complexity index is 600. The molecule has 0 spiro atoms. The zero-order valence-electron chi connectivity index (χ0n) is 17.4. The molecule has 1 saturated heterocycles. The SMILES string of the molecule is CCNC(=NCc1ccc(OC)c(OC)c1)NCC(C)N1CCN(C)CC1. The molecule has 1 unspecified atom stereocenters. The number of nitrogens with one attached hydrogen (secondary N) is 2. The van der Waals surface area contributed by atoms with Gasteiger partial charge in [0.15, 0.2) is 17.5 Å². The number of aliphatic imine (C=N–C) groups is 1. The first-order valence-corrected chi connectivity index (χ1v) is 9.73. The van der Waals surface area contributed by atoms with E-state index in [-0.39, 0.29) is 0 Å². The van der Waals surface area contributed by atoms with Crippen molar-refractivity contribution in [2.45, 2.75) is 26.4 Å². The molecule has 0 aliphatic carbocycles. The molecule has 1 aliphatic heterocycles. The number of ether oxygens (including phenoxy) is 2. The minimum Gasteiger partial charge on any atom is -0.493 e. The number of nitrogens with zero attached hydrogens (tertiary/aromatic N) is 3. The van der Waals surface area contributed by atoms with Crippen LogP contribution in [0.2, 0.25) is 0 Å². The van der Waals surface area contributed by atoms with Crippen LogP contribution in [0.15, 0.2) is 23.2 Å². The normalized spacial score (nSPS) is 17.4. The molecule has 0 amide bonds. The van der Waals surface area contributed by atoms with E-state index in [1.54, 1.807) is 14.2 Å². The number of guanidine groups is 1. The van der Waals surface area contributed by atoms with Gasteiger partial charge >= 0.3 is 0 Å². The summed E-state index contributed by atoms with van der Waals surface area (Å²) in [5.74, 6) is 2.30. The zero-order valence-corrected chi connectivity index (χ0v) is 17.4. The second kappa shape index (κ2) is 11.0. The van der Waals surface area contributed by atoms with E-state index in [1.807, 2.05) is 18.2 Å². The van der Waals surface area contributed by atoms with Crippen LogP contribution in [0.25, 0.3) is 0 Å². The lowest BCUT2D eigenvalue weighted by atomic mass is 10.2. The lowest BCUT2D eigenvalue weighted by molar-refractivity contribution is 0.120. The second-order valence-electron chi connectivity index (χ2n) is 6.95. The van der Waals surface area contributed by atoms with Crippen LogP contribution in [-0.4, -0.2) is 82.3 Å². The zero-order chi connectivity index (χ0) is 19.6. The van der Waals surface area contributed by atoms with Crippen LogP contribution in [0.1, 0.15) is 19.4 Å². The third kappa shape index (κ3) is 6.59. The monoisotopic (exact) mass is 377 g/mol. The molecule has 1 atom stereocenters. The summed E-state index contributed by atoms with van der Waals surface area (Å²) >= 11 is 0.